The van der Waals surface area contributed by atoms with Crippen LogP contribution in [0.5, 0.6) is 0 Å². The molecular weight excluding hydrogens is 323 g/mol. The van der Waals surface area contributed by atoms with Gasteiger partial charge in [-0.15, -0.1) is 0 Å². The molecular formula is C10H11F5N2O3S. The summed E-state index contributed by atoms with van der Waals surface area (Å²) in [6.45, 7) is -3.90. The SMILES string of the molecule is Nc1cc(F)c(S(=O)(=O)N(CCO)CC(F)(F)F)c(F)c1. The van der Waals surface area contributed by atoms with Crippen molar-refractivity contribution in [2.45, 2.75) is 11.1 Å². The van der Waals surface area contributed by atoms with Gasteiger partial charge in [0.25, 0.3) is 0 Å². The van der Waals surface area contributed by atoms with Gasteiger partial charge < -0.3 is 10.8 Å². The quantitative estimate of drug-likeness (QED) is 0.624. The molecule has 3 N–H and O–H groups in total. The number of halogens is 5. The minimum absolute atomic E-state index is 0.259. The lowest BCUT2D eigenvalue weighted by Gasteiger charge is -2.23. The van der Waals surface area contributed by atoms with Crippen molar-refractivity contribution >= 4 is 15.7 Å². The molecule has 0 atom stereocenters. The fourth-order valence-corrected chi connectivity index (χ4v) is 3.06. The fourth-order valence-electron chi connectivity index (χ4n) is 1.55. The zero-order valence-corrected chi connectivity index (χ0v) is 11.2. The largest absolute Gasteiger partial charge is 0.402 e. The molecule has 120 valence electrons. The van der Waals surface area contributed by atoms with Gasteiger partial charge in [-0.1, -0.05) is 0 Å². The monoisotopic (exact) mass is 334 g/mol. The minimum atomic E-state index is -5.13. The number of anilines is 1. The average Bonchev–Trinajstić information content (AvgIpc) is 2.24. The molecule has 1 aromatic rings. The molecule has 1 aromatic carbocycles. The Morgan fingerprint density at radius 1 is 1.19 bits per heavy atom. The summed E-state index contributed by atoms with van der Waals surface area (Å²) in [4.78, 5) is -1.55. The zero-order chi connectivity index (χ0) is 16.4. The third-order valence-electron chi connectivity index (χ3n) is 2.32. The number of hydrogen-bond acceptors (Lipinski definition) is 4. The number of hydrogen-bond donors (Lipinski definition) is 2. The van der Waals surface area contributed by atoms with Crippen molar-refractivity contribution in [2.75, 3.05) is 25.4 Å². The van der Waals surface area contributed by atoms with Crippen LogP contribution in [0.25, 0.3) is 0 Å². The van der Waals surface area contributed by atoms with Crippen LogP contribution in [0.3, 0.4) is 0 Å². The van der Waals surface area contributed by atoms with Crippen molar-refractivity contribution in [3.05, 3.63) is 23.8 Å². The highest BCUT2D eigenvalue weighted by molar-refractivity contribution is 7.89. The van der Waals surface area contributed by atoms with Gasteiger partial charge in [0.05, 0.1) is 6.61 Å². The van der Waals surface area contributed by atoms with Gasteiger partial charge in [0, 0.05) is 12.2 Å². The maximum Gasteiger partial charge on any atom is 0.402 e. The van der Waals surface area contributed by atoms with Crippen LogP contribution < -0.4 is 5.73 Å². The second-order valence-electron chi connectivity index (χ2n) is 3.99. The molecule has 0 radical (unpaired) electrons. The molecule has 0 heterocycles. The van der Waals surface area contributed by atoms with Crippen molar-refractivity contribution in [3.8, 4) is 0 Å². The second-order valence-corrected chi connectivity index (χ2v) is 5.87. The first kappa shape index (κ1) is 17.6. The van der Waals surface area contributed by atoms with E-state index in [0.717, 1.165) is 0 Å². The number of nitrogens with zero attached hydrogens (tertiary/aromatic N) is 1. The van der Waals surface area contributed by atoms with E-state index in [9.17, 15) is 30.4 Å². The standard InChI is InChI=1S/C10H11F5N2O3S/c11-7-3-6(16)4-8(12)9(7)21(19,20)17(1-2-18)5-10(13,14)15/h3-4,18H,1-2,5,16H2. The van der Waals surface area contributed by atoms with Crippen molar-refractivity contribution < 1.29 is 35.5 Å². The van der Waals surface area contributed by atoms with Crippen LogP contribution in [-0.4, -0.2) is 43.7 Å². The molecule has 0 saturated carbocycles. The predicted molar refractivity (Wildman–Crippen MR) is 62.7 cm³/mol. The van der Waals surface area contributed by atoms with Gasteiger partial charge in [-0.3, -0.25) is 0 Å². The van der Waals surface area contributed by atoms with Crippen LogP contribution >= 0.6 is 0 Å². The Bertz CT molecular complexity index is 595. The lowest BCUT2D eigenvalue weighted by Crippen LogP contribution is -2.41. The Morgan fingerprint density at radius 2 is 1.67 bits per heavy atom. The molecule has 0 aromatic heterocycles. The summed E-state index contributed by atoms with van der Waals surface area (Å²) in [5, 5.41) is 8.65. The van der Waals surface area contributed by atoms with Crippen molar-refractivity contribution in [2.24, 2.45) is 0 Å². The minimum Gasteiger partial charge on any atom is -0.399 e. The topological polar surface area (TPSA) is 83.6 Å². The molecule has 0 saturated heterocycles. The molecule has 0 aliphatic carbocycles. The predicted octanol–water partition coefficient (Wildman–Crippen LogP) is 1.09. The number of benzene rings is 1. The molecule has 1 rings (SSSR count). The van der Waals surface area contributed by atoms with E-state index in [1.807, 2.05) is 0 Å². The fraction of sp³-hybridized carbons (Fsp3) is 0.400. The van der Waals surface area contributed by atoms with Crippen LogP contribution in [0.2, 0.25) is 0 Å². The summed E-state index contributed by atoms with van der Waals surface area (Å²) < 4.78 is 87.8. The zero-order valence-electron chi connectivity index (χ0n) is 10.4. The maximum atomic E-state index is 13.6. The first-order valence-electron chi connectivity index (χ1n) is 5.41. The molecule has 0 fully saturated rings. The number of alkyl halides is 3. The lowest BCUT2D eigenvalue weighted by atomic mass is 10.3. The van der Waals surface area contributed by atoms with E-state index in [4.69, 9.17) is 10.8 Å². The van der Waals surface area contributed by atoms with Gasteiger partial charge in [-0.2, -0.15) is 17.5 Å². The number of aliphatic hydroxyl groups excluding tert-OH is 1. The van der Waals surface area contributed by atoms with E-state index in [1.165, 1.54) is 0 Å². The lowest BCUT2D eigenvalue weighted by molar-refractivity contribution is -0.136. The third-order valence-corrected chi connectivity index (χ3v) is 4.22. The Balaban J connectivity index is 3.36. The normalized spacial score (nSPS) is 12.9. The van der Waals surface area contributed by atoms with Crippen molar-refractivity contribution in [1.82, 2.24) is 4.31 Å². The molecule has 0 aliphatic heterocycles. The van der Waals surface area contributed by atoms with Crippen LogP contribution in [0.15, 0.2) is 17.0 Å². The number of nitrogen functional groups attached to an aromatic ring is 1. The van der Waals surface area contributed by atoms with E-state index >= 15 is 0 Å². The summed E-state index contributed by atoms with van der Waals surface area (Å²) >= 11 is 0. The molecule has 0 spiro atoms. The van der Waals surface area contributed by atoms with Gasteiger partial charge in [0.2, 0.25) is 10.0 Å². The number of nitrogens with two attached hydrogens (primary N) is 1. The summed E-state index contributed by atoms with van der Waals surface area (Å²) in [6.07, 6.45) is -4.94. The summed E-state index contributed by atoms with van der Waals surface area (Å²) in [5.74, 6) is -3.23. The van der Waals surface area contributed by atoms with Gasteiger partial charge >= 0.3 is 6.18 Å². The van der Waals surface area contributed by atoms with Crippen LogP contribution in [0, 0.1) is 11.6 Å². The Hall–Kier alpha value is -1.46. The second kappa shape index (κ2) is 6.12. The Kier molecular flexibility index (Phi) is 5.12. The molecule has 0 bridgehead atoms. The number of sulfonamides is 1. The van der Waals surface area contributed by atoms with Gasteiger partial charge in [-0.25, -0.2) is 17.2 Å². The van der Waals surface area contributed by atoms with Gasteiger partial charge in [-0.05, 0) is 12.1 Å². The van der Waals surface area contributed by atoms with Crippen LogP contribution in [0.1, 0.15) is 0 Å². The summed E-state index contributed by atoms with van der Waals surface area (Å²) in [6, 6.07) is 0.946. The molecule has 0 amide bonds. The molecule has 21 heavy (non-hydrogen) atoms. The van der Waals surface area contributed by atoms with E-state index in [-0.39, 0.29) is 4.31 Å². The number of rotatable bonds is 5. The molecule has 0 unspecified atom stereocenters. The van der Waals surface area contributed by atoms with E-state index in [0.29, 0.717) is 12.1 Å². The van der Waals surface area contributed by atoms with Crippen molar-refractivity contribution in [3.63, 3.8) is 0 Å². The summed E-state index contributed by atoms with van der Waals surface area (Å²) in [5.41, 5.74) is 4.68. The highest BCUT2D eigenvalue weighted by Crippen LogP contribution is 2.27. The van der Waals surface area contributed by atoms with Gasteiger partial charge in [0.15, 0.2) is 4.90 Å². The highest BCUT2D eigenvalue weighted by Gasteiger charge is 2.39. The maximum absolute atomic E-state index is 13.6. The number of aliphatic hydroxyl groups is 1. The third kappa shape index (κ3) is 4.25. The van der Waals surface area contributed by atoms with E-state index in [2.05, 4.69) is 0 Å². The van der Waals surface area contributed by atoms with Gasteiger partial charge in [0.1, 0.15) is 18.2 Å². The van der Waals surface area contributed by atoms with Crippen molar-refractivity contribution in [1.29, 1.82) is 0 Å². The van der Waals surface area contributed by atoms with Crippen LogP contribution in [0.4, 0.5) is 27.6 Å². The van der Waals surface area contributed by atoms with E-state index in [1.54, 1.807) is 0 Å². The summed E-state index contributed by atoms with van der Waals surface area (Å²) in [7, 11) is -5.13. The Labute approximate surface area is 116 Å². The first-order valence-corrected chi connectivity index (χ1v) is 6.85. The first-order chi connectivity index (χ1) is 9.49. The Morgan fingerprint density at radius 3 is 2.05 bits per heavy atom. The average molecular weight is 334 g/mol. The molecule has 5 nitrogen and oxygen atoms in total. The molecule has 0 aliphatic rings. The smallest absolute Gasteiger partial charge is 0.399 e. The van der Waals surface area contributed by atoms with Crippen LogP contribution in [-0.2, 0) is 10.0 Å². The highest BCUT2D eigenvalue weighted by atomic mass is 32.2. The van der Waals surface area contributed by atoms with E-state index < -0.39 is 58.1 Å². The molecule has 11 heteroatoms.